The van der Waals surface area contributed by atoms with E-state index in [1.54, 1.807) is 10.3 Å². The van der Waals surface area contributed by atoms with Gasteiger partial charge in [-0.1, -0.05) is 0 Å². The number of nitrogens with zero attached hydrogens (tertiary/aromatic N) is 2. The highest BCUT2D eigenvalue weighted by molar-refractivity contribution is 7.92. The minimum Gasteiger partial charge on any atom is -0.381 e. The van der Waals surface area contributed by atoms with Gasteiger partial charge in [-0.25, -0.2) is 8.96 Å². The summed E-state index contributed by atoms with van der Waals surface area (Å²) in [5.74, 6) is 0.917. The van der Waals surface area contributed by atoms with E-state index in [0.717, 1.165) is 31.0 Å². The van der Waals surface area contributed by atoms with Gasteiger partial charge in [-0.2, -0.15) is 0 Å². The minimum absolute atomic E-state index is 0.257. The van der Waals surface area contributed by atoms with E-state index >= 15 is 0 Å². The smallest absolute Gasteiger partial charge is 0.170 e. The Morgan fingerprint density at radius 2 is 2.27 bits per heavy atom. The second-order valence-electron chi connectivity index (χ2n) is 4.24. The second-order valence-corrected chi connectivity index (χ2v) is 4.78. The van der Waals surface area contributed by atoms with Gasteiger partial charge >= 0.3 is 0 Å². The Balaban J connectivity index is 1.94. The molecule has 0 N–H and O–H groups in total. The minimum atomic E-state index is 0.257. The van der Waals surface area contributed by atoms with E-state index in [0.29, 0.717) is 11.8 Å². The third kappa shape index (κ3) is 1.67. The van der Waals surface area contributed by atoms with Crippen molar-refractivity contribution in [1.82, 2.24) is 8.96 Å². The number of aromatic nitrogens is 2. The average molecular weight is 228 g/mol. The predicted molar refractivity (Wildman–Crippen MR) is 56.5 cm³/mol. The molecule has 82 valence electrons. The lowest BCUT2D eigenvalue weighted by Gasteiger charge is -2.08. The Morgan fingerprint density at radius 3 is 2.87 bits per heavy atom. The second kappa shape index (κ2) is 3.79. The van der Waals surface area contributed by atoms with Crippen LogP contribution in [-0.4, -0.2) is 22.2 Å². The molecule has 1 aliphatic heterocycles. The predicted octanol–water partition coefficient (Wildman–Crippen LogP) is 2.65. The van der Waals surface area contributed by atoms with Crippen molar-refractivity contribution in [1.29, 1.82) is 0 Å². The van der Waals surface area contributed by atoms with E-state index in [2.05, 4.69) is 4.98 Å². The van der Waals surface area contributed by atoms with Gasteiger partial charge in [-0.15, -0.1) is 3.89 Å². The molecule has 5 heteroatoms. The Morgan fingerprint density at radius 1 is 1.40 bits per heavy atom. The zero-order valence-corrected chi connectivity index (χ0v) is 9.17. The van der Waals surface area contributed by atoms with E-state index in [9.17, 15) is 3.89 Å². The number of hydrogen-bond acceptors (Lipinski definition) is 3. The Labute approximate surface area is 92.4 Å². The lowest BCUT2D eigenvalue weighted by Crippen LogP contribution is -2.03. The van der Waals surface area contributed by atoms with Gasteiger partial charge in [0, 0.05) is 18.4 Å². The number of ether oxygens (including phenoxy) is 1. The van der Waals surface area contributed by atoms with Gasteiger partial charge in [0.2, 0.25) is 0 Å². The topological polar surface area (TPSA) is 27.1 Å². The molecular formula is C10H13FN2OS. The Bertz CT molecular complexity index is 358. The number of rotatable bonds is 3. The zero-order chi connectivity index (χ0) is 10.3. The van der Waals surface area contributed by atoms with Crippen LogP contribution in [-0.2, 0) is 4.74 Å². The molecule has 1 aromatic rings. The third-order valence-corrected chi connectivity index (χ3v) is 3.60. The first kappa shape index (κ1) is 9.66. The molecule has 0 spiro atoms. The Hall–Kier alpha value is -0.550. The van der Waals surface area contributed by atoms with Crippen LogP contribution in [0.25, 0.3) is 0 Å². The van der Waals surface area contributed by atoms with Crippen molar-refractivity contribution in [3.63, 3.8) is 0 Å². The van der Waals surface area contributed by atoms with Gasteiger partial charge in [-0.3, -0.25) is 0 Å². The normalized spacial score (nSPS) is 26.1. The van der Waals surface area contributed by atoms with Crippen molar-refractivity contribution in [2.75, 3.05) is 13.2 Å². The largest absolute Gasteiger partial charge is 0.381 e. The summed E-state index contributed by atoms with van der Waals surface area (Å²) in [7, 11) is 0. The van der Waals surface area contributed by atoms with Crippen LogP contribution in [0.5, 0.6) is 0 Å². The first-order valence-corrected chi connectivity index (χ1v) is 6.01. The fourth-order valence-corrected chi connectivity index (χ4v) is 2.62. The molecule has 1 atom stereocenters. The van der Waals surface area contributed by atoms with Crippen LogP contribution < -0.4 is 0 Å². The fraction of sp³-hybridized carbons (Fsp3) is 0.700. The highest BCUT2D eigenvalue weighted by atomic mass is 32.2. The maximum atomic E-state index is 12.7. The maximum Gasteiger partial charge on any atom is 0.170 e. The first-order valence-electron chi connectivity index (χ1n) is 5.34. The number of imidazole rings is 1. The lowest BCUT2D eigenvalue weighted by molar-refractivity contribution is 0.193. The third-order valence-electron chi connectivity index (χ3n) is 3.16. The molecular weight excluding hydrogens is 215 g/mol. The van der Waals surface area contributed by atoms with Crippen LogP contribution in [0.1, 0.15) is 42.5 Å². The summed E-state index contributed by atoms with van der Waals surface area (Å²) in [4.78, 5) is 4.35. The van der Waals surface area contributed by atoms with Crippen molar-refractivity contribution >= 4 is 12.3 Å². The van der Waals surface area contributed by atoms with Gasteiger partial charge in [0.25, 0.3) is 0 Å². The molecule has 2 fully saturated rings. The summed E-state index contributed by atoms with van der Waals surface area (Å²) < 4.78 is 19.6. The molecule has 3 rings (SSSR count). The van der Waals surface area contributed by atoms with Gasteiger partial charge < -0.3 is 4.74 Å². The van der Waals surface area contributed by atoms with Crippen LogP contribution >= 0.6 is 12.3 Å². The van der Waals surface area contributed by atoms with Crippen LogP contribution in [0.3, 0.4) is 0 Å². The molecule has 1 unspecified atom stereocenters. The molecule has 0 amide bonds. The number of halogens is 1. The highest BCUT2D eigenvalue weighted by Crippen LogP contribution is 2.45. The van der Waals surface area contributed by atoms with Crippen molar-refractivity contribution < 1.29 is 8.62 Å². The summed E-state index contributed by atoms with van der Waals surface area (Å²) >= 11 is 0.257. The summed E-state index contributed by atoms with van der Waals surface area (Å²) in [6.45, 7) is 1.55. The SMILES string of the molecule is FSn1cnc(C2CCOC2)c1C1CC1. The molecule has 1 saturated heterocycles. The summed E-state index contributed by atoms with van der Waals surface area (Å²) in [6, 6.07) is 0. The van der Waals surface area contributed by atoms with Crippen molar-refractivity contribution in [3.05, 3.63) is 17.7 Å². The standard InChI is InChI=1S/C10H13FN2OS/c11-15-13-6-12-9(8-3-4-14-5-8)10(13)7-1-2-7/h6-8H,1-5H2. The van der Waals surface area contributed by atoms with Gasteiger partial charge in [-0.05, 0) is 19.3 Å². The summed E-state index contributed by atoms with van der Waals surface area (Å²) in [5, 5.41) is 0. The maximum absolute atomic E-state index is 12.7. The number of hydrogen-bond donors (Lipinski definition) is 0. The molecule has 0 radical (unpaired) electrons. The summed E-state index contributed by atoms with van der Waals surface area (Å²) in [6.07, 6.45) is 4.97. The molecule has 1 aromatic heterocycles. The molecule has 2 heterocycles. The zero-order valence-electron chi connectivity index (χ0n) is 8.36. The molecule has 0 bridgehead atoms. The van der Waals surface area contributed by atoms with Crippen LogP contribution in [0, 0.1) is 0 Å². The van der Waals surface area contributed by atoms with Gasteiger partial charge in [0.1, 0.15) is 6.33 Å². The van der Waals surface area contributed by atoms with E-state index < -0.39 is 0 Å². The molecule has 3 nitrogen and oxygen atoms in total. The van der Waals surface area contributed by atoms with E-state index in [1.165, 1.54) is 12.8 Å². The van der Waals surface area contributed by atoms with Crippen molar-refractivity contribution in [2.45, 2.75) is 31.1 Å². The molecule has 15 heavy (non-hydrogen) atoms. The van der Waals surface area contributed by atoms with E-state index in [1.807, 2.05) is 0 Å². The average Bonchev–Trinajstić information content (AvgIpc) is 2.83. The summed E-state index contributed by atoms with van der Waals surface area (Å²) in [5.41, 5.74) is 2.16. The van der Waals surface area contributed by atoms with Crippen LogP contribution in [0.15, 0.2) is 6.33 Å². The first-order chi connectivity index (χ1) is 7.40. The molecule has 2 aliphatic rings. The van der Waals surface area contributed by atoms with Crippen molar-refractivity contribution in [3.8, 4) is 0 Å². The van der Waals surface area contributed by atoms with Gasteiger partial charge in [0.15, 0.2) is 12.3 Å². The highest BCUT2D eigenvalue weighted by Gasteiger charge is 2.34. The monoisotopic (exact) mass is 228 g/mol. The van der Waals surface area contributed by atoms with E-state index in [-0.39, 0.29) is 12.3 Å². The quantitative estimate of drug-likeness (QED) is 0.795. The lowest BCUT2D eigenvalue weighted by atomic mass is 10.0. The molecule has 0 aromatic carbocycles. The van der Waals surface area contributed by atoms with Gasteiger partial charge in [0.05, 0.1) is 18.0 Å². The van der Waals surface area contributed by atoms with E-state index in [4.69, 9.17) is 4.74 Å². The molecule has 1 aliphatic carbocycles. The Kier molecular flexibility index (Phi) is 2.44. The molecule has 1 saturated carbocycles. The van der Waals surface area contributed by atoms with Crippen LogP contribution in [0.4, 0.5) is 3.89 Å². The fourth-order valence-electron chi connectivity index (χ4n) is 2.22. The van der Waals surface area contributed by atoms with Crippen molar-refractivity contribution in [2.24, 2.45) is 0 Å². The van der Waals surface area contributed by atoms with Crippen LogP contribution in [0.2, 0.25) is 0 Å².